The Balaban J connectivity index is 2.74. The molecule has 0 fully saturated rings. The van der Waals surface area contributed by atoms with Crippen molar-refractivity contribution < 1.29 is 9.84 Å². The van der Waals surface area contributed by atoms with Crippen LogP contribution in [0.25, 0.3) is 0 Å². The van der Waals surface area contributed by atoms with Crippen molar-refractivity contribution >= 4 is 6.21 Å². The minimum Gasteiger partial charge on any atom is -0.504 e. The molecule has 0 aliphatic carbocycles. The number of phenolic OH excluding ortho intramolecular Hbond substituents is 1. The highest BCUT2D eigenvalue weighted by Gasteiger charge is 2.00. The molecule has 1 aromatic rings. The molecule has 0 aromatic heterocycles. The quantitative estimate of drug-likeness (QED) is 0.585. The van der Waals surface area contributed by atoms with Gasteiger partial charge < -0.3 is 15.3 Å². The SMILES string of the molecule is COc1cc(C=NNC(C)C)ccc1O. The van der Waals surface area contributed by atoms with Gasteiger partial charge in [-0.25, -0.2) is 0 Å². The molecule has 0 saturated carbocycles. The summed E-state index contributed by atoms with van der Waals surface area (Å²) < 4.78 is 4.98. The van der Waals surface area contributed by atoms with Crippen LogP contribution in [0.2, 0.25) is 0 Å². The third kappa shape index (κ3) is 3.50. The van der Waals surface area contributed by atoms with Crippen LogP contribution in [0.1, 0.15) is 19.4 Å². The highest BCUT2D eigenvalue weighted by atomic mass is 16.5. The van der Waals surface area contributed by atoms with Gasteiger partial charge in [0.1, 0.15) is 0 Å². The zero-order chi connectivity index (χ0) is 11.3. The molecule has 0 atom stereocenters. The van der Waals surface area contributed by atoms with E-state index in [0.29, 0.717) is 11.8 Å². The van der Waals surface area contributed by atoms with Crippen molar-refractivity contribution in [2.75, 3.05) is 7.11 Å². The molecular weight excluding hydrogens is 192 g/mol. The first-order valence-electron chi connectivity index (χ1n) is 4.79. The Kier molecular flexibility index (Phi) is 3.97. The topological polar surface area (TPSA) is 53.8 Å². The molecule has 15 heavy (non-hydrogen) atoms. The molecule has 0 spiro atoms. The van der Waals surface area contributed by atoms with Gasteiger partial charge in [-0.1, -0.05) is 0 Å². The zero-order valence-corrected chi connectivity index (χ0v) is 9.19. The Hall–Kier alpha value is -1.71. The molecule has 4 nitrogen and oxygen atoms in total. The molecule has 0 unspecified atom stereocenters. The number of hydrogen-bond donors (Lipinski definition) is 2. The van der Waals surface area contributed by atoms with E-state index in [1.54, 1.807) is 24.4 Å². The highest BCUT2D eigenvalue weighted by molar-refractivity contribution is 5.80. The maximum Gasteiger partial charge on any atom is 0.161 e. The third-order valence-corrected chi connectivity index (χ3v) is 1.75. The number of methoxy groups -OCH3 is 1. The van der Waals surface area contributed by atoms with E-state index in [1.807, 2.05) is 13.8 Å². The van der Waals surface area contributed by atoms with Crippen molar-refractivity contribution in [2.45, 2.75) is 19.9 Å². The monoisotopic (exact) mass is 208 g/mol. The molecule has 0 saturated heterocycles. The Morgan fingerprint density at radius 1 is 1.47 bits per heavy atom. The van der Waals surface area contributed by atoms with E-state index in [9.17, 15) is 5.11 Å². The van der Waals surface area contributed by atoms with Crippen LogP contribution in [0.5, 0.6) is 11.5 Å². The molecule has 1 aromatic carbocycles. The van der Waals surface area contributed by atoms with Crippen molar-refractivity contribution in [3.05, 3.63) is 23.8 Å². The van der Waals surface area contributed by atoms with Gasteiger partial charge in [0, 0.05) is 6.04 Å². The van der Waals surface area contributed by atoms with Crippen molar-refractivity contribution in [3.63, 3.8) is 0 Å². The first-order valence-corrected chi connectivity index (χ1v) is 4.79. The molecule has 0 aliphatic heterocycles. The molecular formula is C11H16N2O2. The highest BCUT2D eigenvalue weighted by Crippen LogP contribution is 2.25. The first-order chi connectivity index (χ1) is 7.13. The summed E-state index contributed by atoms with van der Waals surface area (Å²) in [5, 5.41) is 13.4. The van der Waals surface area contributed by atoms with Crippen LogP contribution >= 0.6 is 0 Å². The predicted octanol–water partition coefficient (Wildman–Crippen LogP) is 1.73. The number of aromatic hydroxyl groups is 1. The number of rotatable bonds is 4. The number of hydrogen-bond acceptors (Lipinski definition) is 4. The van der Waals surface area contributed by atoms with E-state index in [0.717, 1.165) is 5.56 Å². The van der Waals surface area contributed by atoms with Crippen LogP contribution in [0.4, 0.5) is 0 Å². The smallest absolute Gasteiger partial charge is 0.161 e. The molecule has 0 amide bonds. The predicted molar refractivity (Wildman–Crippen MR) is 60.5 cm³/mol. The fourth-order valence-electron chi connectivity index (χ4n) is 1.04. The van der Waals surface area contributed by atoms with Gasteiger partial charge in [-0.15, -0.1) is 0 Å². The zero-order valence-electron chi connectivity index (χ0n) is 9.19. The van der Waals surface area contributed by atoms with Gasteiger partial charge in [0.15, 0.2) is 11.5 Å². The normalized spacial score (nSPS) is 10.9. The second kappa shape index (κ2) is 5.24. The van der Waals surface area contributed by atoms with Gasteiger partial charge in [0.25, 0.3) is 0 Å². The van der Waals surface area contributed by atoms with Gasteiger partial charge in [-0.05, 0) is 37.6 Å². The lowest BCUT2D eigenvalue weighted by atomic mass is 10.2. The molecule has 4 heteroatoms. The fraction of sp³-hybridized carbons (Fsp3) is 0.364. The van der Waals surface area contributed by atoms with Gasteiger partial charge in [-0.2, -0.15) is 5.10 Å². The molecule has 0 radical (unpaired) electrons. The van der Waals surface area contributed by atoms with Crippen molar-refractivity contribution in [1.82, 2.24) is 5.43 Å². The number of hydrazone groups is 1. The third-order valence-electron chi connectivity index (χ3n) is 1.75. The Morgan fingerprint density at radius 3 is 2.80 bits per heavy atom. The number of phenols is 1. The summed E-state index contributed by atoms with van der Waals surface area (Å²) in [6, 6.07) is 5.38. The number of ether oxygens (including phenoxy) is 1. The minimum absolute atomic E-state index is 0.131. The van der Waals surface area contributed by atoms with E-state index in [-0.39, 0.29) is 5.75 Å². The van der Waals surface area contributed by atoms with E-state index in [1.165, 1.54) is 7.11 Å². The molecule has 2 N–H and O–H groups in total. The van der Waals surface area contributed by atoms with E-state index in [2.05, 4.69) is 10.5 Å². The number of nitrogens with one attached hydrogen (secondary N) is 1. The van der Waals surface area contributed by atoms with Gasteiger partial charge in [0.05, 0.1) is 13.3 Å². The Bertz CT molecular complexity index is 348. The fourth-order valence-corrected chi connectivity index (χ4v) is 1.04. The summed E-state index contributed by atoms with van der Waals surface area (Å²) in [7, 11) is 1.52. The standard InChI is InChI=1S/C11H16N2O2/c1-8(2)13-12-7-9-4-5-10(14)11(6-9)15-3/h4-8,13-14H,1-3H3. The van der Waals surface area contributed by atoms with Crippen LogP contribution in [-0.4, -0.2) is 24.5 Å². The van der Waals surface area contributed by atoms with E-state index < -0.39 is 0 Å². The maximum atomic E-state index is 9.36. The molecule has 82 valence electrons. The second-order valence-corrected chi connectivity index (χ2v) is 3.47. The lowest BCUT2D eigenvalue weighted by Gasteiger charge is -2.04. The summed E-state index contributed by atoms with van der Waals surface area (Å²) >= 11 is 0. The van der Waals surface area contributed by atoms with Crippen LogP contribution in [0.3, 0.4) is 0 Å². The summed E-state index contributed by atoms with van der Waals surface area (Å²) in [4.78, 5) is 0. The van der Waals surface area contributed by atoms with Crippen molar-refractivity contribution in [1.29, 1.82) is 0 Å². The average Bonchev–Trinajstić information content (AvgIpc) is 2.20. The largest absolute Gasteiger partial charge is 0.504 e. The first kappa shape index (κ1) is 11.4. The average molecular weight is 208 g/mol. The van der Waals surface area contributed by atoms with Gasteiger partial charge >= 0.3 is 0 Å². The second-order valence-electron chi connectivity index (χ2n) is 3.47. The summed E-state index contributed by atoms with van der Waals surface area (Å²) in [6.07, 6.45) is 1.68. The Labute approximate surface area is 89.6 Å². The van der Waals surface area contributed by atoms with E-state index >= 15 is 0 Å². The van der Waals surface area contributed by atoms with Crippen LogP contribution in [0, 0.1) is 0 Å². The Morgan fingerprint density at radius 2 is 2.20 bits per heavy atom. The molecule has 1 rings (SSSR count). The van der Waals surface area contributed by atoms with Gasteiger partial charge in [0.2, 0.25) is 0 Å². The number of benzene rings is 1. The number of nitrogens with zero attached hydrogens (tertiary/aromatic N) is 1. The van der Waals surface area contributed by atoms with E-state index in [4.69, 9.17) is 4.74 Å². The summed E-state index contributed by atoms with van der Waals surface area (Å²) in [5.41, 5.74) is 3.79. The van der Waals surface area contributed by atoms with Crippen LogP contribution in [0.15, 0.2) is 23.3 Å². The van der Waals surface area contributed by atoms with Crippen molar-refractivity contribution in [3.8, 4) is 11.5 Å². The lowest BCUT2D eigenvalue weighted by molar-refractivity contribution is 0.373. The maximum absolute atomic E-state index is 9.36. The minimum atomic E-state index is 0.131. The summed E-state index contributed by atoms with van der Waals surface area (Å²) in [5.74, 6) is 0.579. The van der Waals surface area contributed by atoms with Crippen molar-refractivity contribution in [2.24, 2.45) is 5.10 Å². The van der Waals surface area contributed by atoms with Crippen LogP contribution < -0.4 is 10.2 Å². The molecule has 0 bridgehead atoms. The van der Waals surface area contributed by atoms with Crippen LogP contribution in [-0.2, 0) is 0 Å². The van der Waals surface area contributed by atoms with Gasteiger partial charge in [-0.3, -0.25) is 0 Å². The molecule has 0 aliphatic rings. The summed E-state index contributed by atoms with van der Waals surface area (Å²) in [6.45, 7) is 4.02. The molecule has 0 heterocycles. The lowest BCUT2D eigenvalue weighted by Crippen LogP contribution is -2.15.